The summed E-state index contributed by atoms with van der Waals surface area (Å²) in [5.74, 6) is -0.692. The zero-order valence-corrected chi connectivity index (χ0v) is 15.8. The number of rotatable bonds is 6. The van der Waals surface area contributed by atoms with Gasteiger partial charge in [0.25, 0.3) is 0 Å². The van der Waals surface area contributed by atoms with Crippen molar-refractivity contribution in [2.45, 2.75) is 6.04 Å². The van der Waals surface area contributed by atoms with E-state index in [1.807, 2.05) is 30.3 Å². The number of hydrogen-bond donors (Lipinski definition) is 1. The second-order valence-electron chi connectivity index (χ2n) is 6.72. The molecule has 28 heavy (non-hydrogen) atoms. The van der Waals surface area contributed by atoms with Crippen molar-refractivity contribution in [2.24, 2.45) is 0 Å². The van der Waals surface area contributed by atoms with E-state index in [0.29, 0.717) is 32.0 Å². The van der Waals surface area contributed by atoms with Gasteiger partial charge in [-0.2, -0.15) is 0 Å². The third kappa shape index (κ3) is 5.15. The summed E-state index contributed by atoms with van der Waals surface area (Å²) in [6.07, 6.45) is 0. The smallest absolute Gasteiger partial charge is 0.246 e. The third-order valence-electron chi connectivity index (χ3n) is 4.66. The van der Waals surface area contributed by atoms with E-state index >= 15 is 0 Å². The standard InChI is InChI=1S/C21H24FN3O3/c1-24(15-19(26)25-11-13-28-14-12-25)20(16-5-3-2-4-6-16)21(27)23-18-9-7-17(22)8-10-18/h2-10,20H,11-15H2,1H3,(H,23,27)/t20-/m1/s1. The van der Waals surface area contributed by atoms with Crippen LogP contribution in [0.5, 0.6) is 0 Å². The van der Waals surface area contributed by atoms with E-state index in [-0.39, 0.29) is 24.2 Å². The fourth-order valence-electron chi connectivity index (χ4n) is 3.20. The summed E-state index contributed by atoms with van der Waals surface area (Å²) in [6, 6.07) is 14.2. The lowest BCUT2D eigenvalue weighted by atomic mass is 10.0. The van der Waals surface area contributed by atoms with E-state index in [1.54, 1.807) is 16.8 Å². The Labute approximate surface area is 163 Å². The number of hydrogen-bond acceptors (Lipinski definition) is 4. The first-order valence-electron chi connectivity index (χ1n) is 9.22. The number of halogens is 1. The molecule has 0 bridgehead atoms. The molecule has 0 unspecified atom stereocenters. The number of benzene rings is 2. The topological polar surface area (TPSA) is 61.9 Å². The van der Waals surface area contributed by atoms with Crippen LogP contribution >= 0.6 is 0 Å². The molecule has 148 valence electrons. The van der Waals surface area contributed by atoms with E-state index in [0.717, 1.165) is 5.56 Å². The quantitative estimate of drug-likeness (QED) is 0.829. The van der Waals surface area contributed by atoms with Crippen LogP contribution in [-0.2, 0) is 14.3 Å². The van der Waals surface area contributed by atoms with Gasteiger partial charge in [0.2, 0.25) is 11.8 Å². The van der Waals surface area contributed by atoms with Gasteiger partial charge in [0.1, 0.15) is 11.9 Å². The first kappa shape index (κ1) is 20.0. The molecule has 0 saturated carbocycles. The number of morpholine rings is 1. The minimum atomic E-state index is -0.656. The van der Waals surface area contributed by atoms with Crippen LogP contribution in [0.2, 0.25) is 0 Å². The molecule has 0 spiro atoms. The minimum absolute atomic E-state index is 0.0405. The fourth-order valence-corrected chi connectivity index (χ4v) is 3.20. The molecule has 3 rings (SSSR count). The van der Waals surface area contributed by atoms with E-state index in [2.05, 4.69) is 5.32 Å². The van der Waals surface area contributed by atoms with E-state index in [4.69, 9.17) is 4.74 Å². The minimum Gasteiger partial charge on any atom is -0.378 e. The Kier molecular flexibility index (Phi) is 6.73. The normalized spacial score (nSPS) is 15.3. The SMILES string of the molecule is CN(CC(=O)N1CCOCC1)[C@@H](C(=O)Nc1ccc(F)cc1)c1ccccc1. The largest absolute Gasteiger partial charge is 0.378 e. The number of likely N-dealkylation sites (N-methyl/N-ethyl adjacent to an activating group) is 1. The lowest BCUT2D eigenvalue weighted by Crippen LogP contribution is -2.47. The van der Waals surface area contributed by atoms with E-state index < -0.39 is 6.04 Å². The number of anilines is 1. The summed E-state index contributed by atoms with van der Waals surface area (Å²) in [7, 11) is 1.75. The van der Waals surface area contributed by atoms with Crippen LogP contribution in [0.25, 0.3) is 0 Å². The molecule has 0 radical (unpaired) electrons. The van der Waals surface area contributed by atoms with Gasteiger partial charge in [-0.3, -0.25) is 14.5 Å². The van der Waals surface area contributed by atoms with E-state index in [1.165, 1.54) is 24.3 Å². The van der Waals surface area contributed by atoms with Crippen molar-refractivity contribution >= 4 is 17.5 Å². The number of nitrogens with one attached hydrogen (secondary N) is 1. The Morgan fingerprint density at radius 1 is 1.11 bits per heavy atom. The maximum absolute atomic E-state index is 13.1. The Hall–Kier alpha value is -2.77. The Balaban J connectivity index is 1.75. The van der Waals surface area contributed by atoms with Crippen molar-refractivity contribution in [1.29, 1.82) is 0 Å². The number of ether oxygens (including phenoxy) is 1. The predicted molar refractivity (Wildman–Crippen MR) is 104 cm³/mol. The zero-order chi connectivity index (χ0) is 19.9. The highest BCUT2D eigenvalue weighted by Gasteiger charge is 2.28. The molecule has 0 aromatic heterocycles. The monoisotopic (exact) mass is 385 g/mol. The maximum Gasteiger partial charge on any atom is 0.246 e. The number of nitrogens with zero attached hydrogens (tertiary/aromatic N) is 2. The summed E-state index contributed by atoms with van der Waals surface area (Å²) in [6.45, 7) is 2.29. The van der Waals surface area contributed by atoms with Crippen molar-refractivity contribution in [3.05, 3.63) is 66.0 Å². The summed E-state index contributed by atoms with van der Waals surface area (Å²) in [5, 5.41) is 2.81. The van der Waals surface area contributed by atoms with Crippen LogP contribution in [0.4, 0.5) is 10.1 Å². The second kappa shape index (κ2) is 9.43. The average molecular weight is 385 g/mol. The summed E-state index contributed by atoms with van der Waals surface area (Å²) >= 11 is 0. The maximum atomic E-state index is 13.1. The van der Waals surface area contributed by atoms with Crippen LogP contribution in [0.1, 0.15) is 11.6 Å². The molecule has 1 N–H and O–H groups in total. The molecule has 1 aliphatic rings. The number of carbonyl (C=O) groups is 2. The van der Waals surface area contributed by atoms with Crippen LogP contribution < -0.4 is 5.32 Å². The lowest BCUT2D eigenvalue weighted by molar-refractivity contribution is -0.137. The third-order valence-corrected chi connectivity index (χ3v) is 4.66. The Morgan fingerprint density at radius 2 is 1.75 bits per heavy atom. The molecule has 2 amide bonds. The van der Waals surface area contributed by atoms with Gasteiger partial charge in [0, 0.05) is 18.8 Å². The summed E-state index contributed by atoms with van der Waals surface area (Å²) < 4.78 is 18.4. The van der Waals surface area contributed by atoms with Crippen LogP contribution in [0.15, 0.2) is 54.6 Å². The van der Waals surface area contributed by atoms with Crippen molar-refractivity contribution in [1.82, 2.24) is 9.80 Å². The van der Waals surface area contributed by atoms with Crippen LogP contribution in [-0.4, -0.2) is 61.5 Å². The first-order valence-corrected chi connectivity index (χ1v) is 9.22. The van der Waals surface area contributed by atoms with Gasteiger partial charge in [-0.05, 0) is 36.9 Å². The predicted octanol–water partition coefficient (Wildman–Crippen LogP) is 2.30. The second-order valence-corrected chi connectivity index (χ2v) is 6.72. The molecule has 2 aromatic carbocycles. The Bertz CT molecular complexity index is 792. The lowest BCUT2D eigenvalue weighted by Gasteiger charge is -2.31. The molecule has 1 atom stereocenters. The molecule has 2 aromatic rings. The van der Waals surface area contributed by atoms with Gasteiger partial charge in [0.15, 0.2) is 0 Å². The molecule has 0 aliphatic carbocycles. The molecule has 1 heterocycles. The van der Waals surface area contributed by atoms with Gasteiger partial charge in [0.05, 0.1) is 19.8 Å². The highest BCUT2D eigenvalue weighted by atomic mass is 19.1. The summed E-state index contributed by atoms with van der Waals surface area (Å²) in [5.41, 5.74) is 1.28. The Morgan fingerprint density at radius 3 is 2.39 bits per heavy atom. The molecular formula is C21H24FN3O3. The van der Waals surface area contributed by atoms with Crippen LogP contribution in [0.3, 0.4) is 0 Å². The van der Waals surface area contributed by atoms with E-state index in [9.17, 15) is 14.0 Å². The number of amides is 2. The van der Waals surface area contributed by atoms with Crippen LogP contribution in [0, 0.1) is 5.82 Å². The van der Waals surface area contributed by atoms with Crippen molar-refractivity contribution in [2.75, 3.05) is 45.2 Å². The van der Waals surface area contributed by atoms with Gasteiger partial charge in [-0.15, -0.1) is 0 Å². The molecular weight excluding hydrogens is 361 g/mol. The van der Waals surface area contributed by atoms with Crippen molar-refractivity contribution < 1.29 is 18.7 Å². The highest BCUT2D eigenvalue weighted by Crippen LogP contribution is 2.22. The van der Waals surface area contributed by atoms with Gasteiger partial charge in [-0.1, -0.05) is 30.3 Å². The molecule has 1 fully saturated rings. The number of carbonyl (C=O) groups excluding carboxylic acids is 2. The first-order chi connectivity index (χ1) is 13.5. The zero-order valence-electron chi connectivity index (χ0n) is 15.8. The summed E-state index contributed by atoms with van der Waals surface area (Å²) in [4.78, 5) is 29.1. The molecule has 1 saturated heterocycles. The molecule has 1 aliphatic heterocycles. The molecule has 7 heteroatoms. The highest BCUT2D eigenvalue weighted by molar-refractivity contribution is 5.96. The average Bonchev–Trinajstić information content (AvgIpc) is 2.71. The fraction of sp³-hybridized carbons (Fsp3) is 0.333. The van der Waals surface area contributed by atoms with Crippen molar-refractivity contribution in [3.8, 4) is 0 Å². The van der Waals surface area contributed by atoms with Gasteiger partial charge in [-0.25, -0.2) is 4.39 Å². The van der Waals surface area contributed by atoms with Crippen molar-refractivity contribution in [3.63, 3.8) is 0 Å². The van der Waals surface area contributed by atoms with Gasteiger partial charge < -0.3 is 15.0 Å². The van der Waals surface area contributed by atoms with Gasteiger partial charge >= 0.3 is 0 Å². The molecule has 6 nitrogen and oxygen atoms in total.